The third kappa shape index (κ3) is 4.80. The number of hydrogen-bond donors (Lipinski definition) is 2. The predicted octanol–water partition coefficient (Wildman–Crippen LogP) is 1.78. The number of piperazine rings is 1. The van der Waals surface area contributed by atoms with Gasteiger partial charge in [0.25, 0.3) is 11.8 Å². The molecular weight excluding hydrogens is 472 g/mol. The van der Waals surface area contributed by atoms with Crippen molar-refractivity contribution >= 4 is 50.7 Å². The van der Waals surface area contributed by atoms with Gasteiger partial charge >= 0.3 is 0 Å². The van der Waals surface area contributed by atoms with Gasteiger partial charge in [0.2, 0.25) is 15.9 Å². The lowest BCUT2D eigenvalue weighted by atomic mass is 10.1. The van der Waals surface area contributed by atoms with Crippen LogP contribution in [0.3, 0.4) is 0 Å². The van der Waals surface area contributed by atoms with E-state index in [9.17, 15) is 22.8 Å². The van der Waals surface area contributed by atoms with Crippen LogP contribution in [0.5, 0.6) is 5.75 Å². The Bertz CT molecular complexity index is 1240. The van der Waals surface area contributed by atoms with Crippen LogP contribution in [-0.2, 0) is 19.6 Å². The Morgan fingerprint density at radius 2 is 1.85 bits per heavy atom. The van der Waals surface area contributed by atoms with E-state index in [1.165, 1.54) is 23.4 Å². The van der Waals surface area contributed by atoms with Gasteiger partial charge in [0, 0.05) is 50.4 Å². The number of rotatable bonds is 4. The highest BCUT2D eigenvalue weighted by molar-refractivity contribution is 7.89. The van der Waals surface area contributed by atoms with Crippen molar-refractivity contribution in [3.8, 4) is 5.75 Å². The zero-order valence-corrected chi connectivity index (χ0v) is 19.2. The van der Waals surface area contributed by atoms with Gasteiger partial charge in [-0.25, -0.2) is 8.42 Å². The largest absolute Gasteiger partial charge is 0.482 e. The molecule has 2 aliphatic rings. The molecule has 1 saturated heterocycles. The number of carbonyl (C=O) groups is 3. The smallest absolute Gasteiger partial charge is 0.262 e. The average Bonchev–Trinajstić information content (AvgIpc) is 2.77. The summed E-state index contributed by atoms with van der Waals surface area (Å²) in [6.07, 6.45) is 0. The molecule has 1 fully saturated rings. The van der Waals surface area contributed by atoms with Crippen molar-refractivity contribution in [2.24, 2.45) is 0 Å². The highest BCUT2D eigenvalue weighted by atomic mass is 35.5. The quantitative estimate of drug-likeness (QED) is 0.670. The van der Waals surface area contributed by atoms with Crippen molar-refractivity contribution in [2.45, 2.75) is 11.8 Å². The van der Waals surface area contributed by atoms with E-state index in [4.69, 9.17) is 16.3 Å². The fourth-order valence-corrected chi connectivity index (χ4v) is 5.61. The average molecular weight is 493 g/mol. The highest BCUT2D eigenvalue weighted by Crippen LogP contribution is 2.37. The molecule has 0 saturated carbocycles. The number of anilines is 2. The normalized spacial score (nSPS) is 16.4. The molecule has 10 nitrogen and oxygen atoms in total. The number of carbonyl (C=O) groups excluding carboxylic acids is 3. The Labute approximate surface area is 195 Å². The predicted molar refractivity (Wildman–Crippen MR) is 121 cm³/mol. The van der Waals surface area contributed by atoms with E-state index in [0.717, 1.165) is 0 Å². The van der Waals surface area contributed by atoms with Crippen LogP contribution < -0.4 is 15.4 Å². The molecule has 2 N–H and O–H groups in total. The fourth-order valence-electron chi connectivity index (χ4n) is 3.67. The number of hydrogen-bond acceptors (Lipinski definition) is 6. The molecule has 33 heavy (non-hydrogen) atoms. The van der Waals surface area contributed by atoms with Crippen molar-refractivity contribution in [1.29, 1.82) is 0 Å². The number of sulfonamides is 1. The monoisotopic (exact) mass is 492 g/mol. The van der Waals surface area contributed by atoms with Gasteiger partial charge in [-0.05, 0) is 24.3 Å². The van der Waals surface area contributed by atoms with E-state index in [-0.39, 0.29) is 66.2 Å². The summed E-state index contributed by atoms with van der Waals surface area (Å²) in [5.74, 6) is -0.620. The number of nitrogens with one attached hydrogen (secondary N) is 2. The Morgan fingerprint density at radius 1 is 1.12 bits per heavy atom. The molecule has 2 aliphatic heterocycles. The number of fused-ring (bicyclic) bond motifs is 1. The first-order chi connectivity index (χ1) is 15.6. The van der Waals surface area contributed by atoms with Crippen molar-refractivity contribution in [3.05, 3.63) is 47.0 Å². The van der Waals surface area contributed by atoms with Gasteiger partial charge in [-0.1, -0.05) is 17.7 Å². The molecular formula is C21H21ClN4O6S. The number of amides is 3. The molecule has 2 heterocycles. The second kappa shape index (κ2) is 9.00. The molecule has 2 aromatic rings. The Hall–Kier alpha value is -3.15. The number of benzene rings is 2. The zero-order valence-electron chi connectivity index (χ0n) is 17.6. The van der Waals surface area contributed by atoms with E-state index >= 15 is 0 Å². The summed E-state index contributed by atoms with van der Waals surface area (Å²) in [7, 11) is -3.95. The lowest BCUT2D eigenvalue weighted by molar-refractivity contribution is -0.118. The minimum absolute atomic E-state index is 0.0344. The third-order valence-electron chi connectivity index (χ3n) is 5.24. The van der Waals surface area contributed by atoms with Crippen LogP contribution in [-0.4, -0.2) is 68.1 Å². The first-order valence-corrected chi connectivity index (χ1v) is 11.9. The second-order valence-electron chi connectivity index (χ2n) is 7.57. The van der Waals surface area contributed by atoms with Crippen molar-refractivity contribution in [3.63, 3.8) is 0 Å². The Morgan fingerprint density at radius 3 is 2.55 bits per heavy atom. The molecule has 0 radical (unpaired) electrons. The second-order valence-corrected chi connectivity index (χ2v) is 9.89. The lowest BCUT2D eigenvalue weighted by Crippen LogP contribution is -2.50. The molecule has 2 aromatic carbocycles. The summed E-state index contributed by atoms with van der Waals surface area (Å²) in [5, 5.41) is 5.18. The van der Waals surface area contributed by atoms with Crippen molar-refractivity contribution < 1.29 is 27.5 Å². The van der Waals surface area contributed by atoms with E-state index < -0.39 is 10.0 Å². The molecule has 0 unspecified atom stereocenters. The first-order valence-electron chi connectivity index (χ1n) is 10.1. The topological polar surface area (TPSA) is 125 Å². The standard InChI is InChI=1S/C21H21ClN4O6S/c1-13(27)23-15-4-2-3-14(9-15)21(29)25-5-7-26(8-6-25)33(30,31)19-11-18-17(10-16(19)22)24-20(28)12-32-18/h2-4,9-11H,5-8,12H2,1H3,(H,23,27)(H,24,28). The van der Waals surface area contributed by atoms with E-state index in [2.05, 4.69) is 10.6 Å². The number of nitrogens with zero attached hydrogens (tertiary/aromatic N) is 2. The summed E-state index contributed by atoms with van der Waals surface area (Å²) in [5.41, 5.74) is 1.22. The van der Waals surface area contributed by atoms with Gasteiger partial charge in [-0.15, -0.1) is 0 Å². The van der Waals surface area contributed by atoms with Crippen LogP contribution in [0, 0.1) is 0 Å². The Kier molecular flexibility index (Phi) is 6.28. The minimum Gasteiger partial charge on any atom is -0.482 e. The van der Waals surface area contributed by atoms with Crippen molar-refractivity contribution in [1.82, 2.24) is 9.21 Å². The van der Waals surface area contributed by atoms with Crippen LogP contribution in [0.1, 0.15) is 17.3 Å². The maximum Gasteiger partial charge on any atom is 0.262 e. The first kappa shape index (κ1) is 23.0. The van der Waals surface area contributed by atoms with Gasteiger partial charge in [-0.2, -0.15) is 4.31 Å². The fraction of sp³-hybridized carbons (Fsp3) is 0.286. The van der Waals surface area contributed by atoms with Gasteiger partial charge in [-0.3, -0.25) is 14.4 Å². The molecule has 4 rings (SSSR count). The van der Waals surface area contributed by atoms with Crippen LogP contribution in [0.25, 0.3) is 0 Å². The summed E-state index contributed by atoms with van der Waals surface area (Å²) >= 11 is 6.22. The number of ether oxygens (including phenoxy) is 1. The highest BCUT2D eigenvalue weighted by Gasteiger charge is 2.33. The summed E-state index contributed by atoms with van der Waals surface area (Å²) in [4.78, 5) is 37.0. The molecule has 0 atom stereocenters. The van der Waals surface area contributed by atoms with Gasteiger partial charge in [0.15, 0.2) is 6.61 Å². The van der Waals surface area contributed by atoms with E-state index in [0.29, 0.717) is 16.9 Å². The molecule has 0 aliphatic carbocycles. The van der Waals surface area contributed by atoms with Gasteiger partial charge < -0.3 is 20.3 Å². The van der Waals surface area contributed by atoms with Crippen LogP contribution in [0.2, 0.25) is 5.02 Å². The molecule has 12 heteroatoms. The molecule has 0 aromatic heterocycles. The molecule has 0 bridgehead atoms. The van der Waals surface area contributed by atoms with E-state index in [1.54, 1.807) is 29.2 Å². The zero-order chi connectivity index (χ0) is 23.8. The lowest BCUT2D eigenvalue weighted by Gasteiger charge is -2.34. The van der Waals surface area contributed by atoms with Crippen LogP contribution in [0.15, 0.2) is 41.3 Å². The molecule has 3 amide bonds. The summed E-state index contributed by atoms with van der Waals surface area (Å²) in [6.45, 7) is 1.73. The number of halogens is 1. The third-order valence-corrected chi connectivity index (χ3v) is 7.60. The van der Waals surface area contributed by atoms with E-state index in [1.807, 2.05) is 0 Å². The van der Waals surface area contributed by atoms with Crippen LogP contribution >= 0.6 is 11.6 Å². The van der Waals surface area contributed by atoms with Crippen molar-refractivity contribution in [2.75, 3.05) is 43.4 Å². The summed E-state index contributed by atoms with van der Waals surface area (Å²) in [6, 6.07) is 9.23. The maximum absolute atomic E-state index is 13.2. The molecule has 0 spiro atoms. The van der Waals surface area contributed by atoms with Crippen LogP contribution in [0.4, 0.5) is 11.4 Å². The summed E-state index contributed by atoms with van der Waals surface area (Å²) < 4.78 is 33.0. The van der Waals surface area contributed by atoms with Gasteiger partial charge in [0.1, 0.15) is 10.6 Å². The minimum atomic E-state index is -3.95. The molecule has 174 valence electrons. The Balaban J connectivity index is 1.47. The maximum atomic E-state index is 13.2. The van der Waals surface area contributed by atoms with Gasteiger partial charge in [0.05, 0.1) is 10.7 Å². The SMILES string of the molecule is CC(=O)Nc1cccc(C(=O)N2CCN(S(=O)(=O)c3cc4c(cc3Cl)NC(=O)CO4)CC2)c1.